The van der Waals surface area contributed by atoms with Crippen LogP contribution in [0.15, 0.2) is 49.1 Å². The van der Waals surface area contributed by atoms with Crippen LogP contribution in [0.1, 0.15) is 12.5 Å². The second kappa shape index (κ2) is 6.05. The molecule has 3 aromatic heterocycles. The van der Waals surface area contributed by atoms with Gasteiger partial charge in [-0.25, -0.2) is 4.98 Å². The van der Waals surface area contributed by atoms with Crippen LogP contribution < -0.4 is 5.32 Å². The molecule has 6 heteroatoms. The third-order valence-corrected chi connectivity index (χ3v) is 4.74. The second-order valence-electron chi connectivity index (χ2n) is 5.66. The second-order valence-corrected chi connectivity index (χ2v) is 6.69. The number of hydrogen-bond donors (Lipinski definition) is 1. The average Bonchev–Trinajstić information content (AvgIpc) is 3.20. The van der Waals surface area contributed by atoms with Gasteiger partial charge in [0.05, 0.1) is 22.1 Å². The summed E-state index contributed by atoms with van der Waals surface area (Å²) in [6, 6.07) is 8.47. The van der Waals surface area contributed by atoms with Crippen molar-refractivity contribution in [3.8, 4) is 11.1 Å². The first-order valence-corrected chi connectivity index (χ1v) is 8.65. The lowest BCUT2D eigenvalue weighted by molar-refractivity contribution is 0.660. The Bertz CT molecular complexity index is 1000. The van der Waals surface area contributed by atoms with Crippen molar-refractivity contribution in [1.29, 1.82) is 0 Å². The monoisotopic (exact) mass is 335 g/mol. The van der Waals surface area contributed by atoms with Crippen molar-refractivity contribution in [2.24, 2.45) is 0 Å². The fourth-order valence-corrected chi connectivity index (χ4v) is 3.52. The molecule has 120 valence electrons. The molecule has 0 atom stereocenters. The molecule has 0 aliphatic heterocycles. The molecule has 0 saturated carbocycles. The van der Waals surface area contributed by atoms with E-state index in [-0.39, 0.29) is 0 Å². The summed E-state index contributed by atoms with van der Waals surface area (Å²) in [5.41, 5.74) is 5.40. The quantitative estimate of drug-likeness (QED) is 0.591. The molecule has 0 saturated heterocycles. The summed E-state index contributed by atoms with van der Waals surface area (Å²) >= 11 is 1.64. The summed E-state index contributed by atoms with van der Waals surface area (Å²) in [7, 11) is 0. The summed E-state index contributed by atoms with van der Waals surface area (Å²) in [6.07, 6.45) is 7.57. The Labute approximate surface area is 144 Å². The zero-order valence-electron chi connectivity index (χ0n) is 13.5. The van der Waals surface area contributed by atoms with Crippen LogP contribution in [0, 0.1) is 6.92 Å². The maximum absolute atomic E-state index is 4.65. The minimum absolute atomic E-state index is 0.857. The van der Waals surface area contributed by atoms with Crippen molar-refractivity contribution in [2.75, 3.05) is 5.32 Å². The predicted molar refractivity (Wildman–Crippen MR) is 98.8 cm³/mol. The maximum atomic E-state index is 4.65. The SMILES string of the molecule is CCn1cc(Nc2nc3ccc(-c4cncc(C)c4)cc3s2)cn1. The van der Waals surface area contributed by atoms with E-state index in [0.29, 0.717) is 0 Å². The lowest BCUT2D eigenvalue weighted by atomic mass is 10.1. The van der Waals surface area contributed by atoms with Gasteiger partial charge in [0.1, 0.15) is 0 Å². The minimum Gasteiger partial charge on any atom is -0.329 e. The molecular formula is C18H17N5S. The number of rotatable bonds is 4. The number of aromatic nitrogens is 4. The number of anilines is 2. The lowest BCUT2D eigenvalue weighted by Crippen LogP contribution is -1.92. The van der Waals surface area contributed by atoms with Crippen LogP contribution >= 0.6 is 11.3 Å². The highest BCUT2D eigenvalue weighted by molar-refractivity contribution is 7.22. The Balaban J connectivity index is 1.65. The van der Waals surface area contributed by atoms with Gasteiger partial charge in [-0.1, -0.05) is 17.4 Å². The summed E-state index contributed by atoms with van der Waals surface area (Å²) in [6.45, 7) is 4.98. The van der Waals surface area contributed by atoms with Gasteiger partial charge in [-0.05, 0) is 43.2 Å². The van der Waals surface area contributed by atoms with E-state index in [0.717, 1.165) is 44.3 Å². The van der Waals surface area contributed by atoms with Crippen LogP contribution in [-0.2, 0) is 6.54 Å². The molecular weight excluding hydrogens is 318 g/mol. The number of thiazole rings is 1. The van der Waals surface area contributed by atoms with E-state index in [9.17, 15) is 0 Å². The maximum Gasteiger partial charge on any atom is 0.188 e. The number of hydrogen-bond acceptors (Lipinski definition) is 5. The molecule has 1 aromatic carbocycles. The third kappa shape index (κ3) is 2.88. The van der Waals surface area contributed by atoms with Gasteiger partial charge in [-0.2, -0.15) is 5.10 Å². The Morgan fingerprint density at radius 1 is 1.12 bits per heavy atom. The largest absolute Gasteiger partial charge is 0.329 e. The molecule has 0 fully saturated rings. The van der Waals surface area contributed by atoms with E-state index >= 15 is 0 Å². The van der Waals surface area contributed by atoms with Crippen LogP contribution in [0.2, 0.25) is 0 Å². The molecule has 0 radical (unpaired) electrons. The molecule has 3 heterocycles. The number of aryl methyl sites for hydroxylation is 2. The molecule has 0 aliphatic rings. The molecule has 0 spiro atoms. The Hall–Kier alpha value is -2.73. The Kier molecular flexibility index (Phi) is 3.74. The molecule has 0 unspecified atom stereocenters. The first-order valence-electron chi connectivity index (χ1n) is 7.83. The van der Waals surface area contributed by atoms with Crippen molar-refractivity contribution in [3.63, 3.8) is 0 Å². The molecule has 24 heavy (non-hydrogen) atoms. The summed E-state index contributed by atoms with van der Waals surface area (Å²) in [5, 5.41) is 8.47. The summed E-state index contributed by atoms with van der Waals surface area (Å²) in [4.78, 5) is 8.93. The fraction of sp³-hybridized carbons (Fsp3) is 0.167. The van der Waals surface area contributed by atoms with Gasteiger partial charge in [0.15, 0.2) is 5.13 Å². The number of nitrogens with one attached hydrogen (secondary N) is 1. The van der Waals surface area contributed by atoms with E-state index in [2.05, 4.69) is 58.5 Å². The van der Waals surface area contributed by atoms with E-state index in [1.165, 1.54) is 0 Å². The first kappa shape index (κ1) is 14.8. The highest BCUT2D eigenvalue weighted by Crippen LogP contribution is 2.31. The minimum atomic E-state index is 0.857. The Morgan fingerprint density at radius 2 is 2.04 bits per heavy atom. The predicted octanol–water partition coefficient (Wildman–Crippen LogP) is 4.63. The van der Waals surface area contributed by atoms with Gasteiger partial charge in [-0.3, -0.25) is 9.67 Å². The van der Waals surface area contributed by atoms with Gasteiger partial charge in [0, 0.05) is 30.7 Å². The zero-order chi connectivity index (χ0) is 16.5. The topological polar surface area (TPSA) is 55.6 Å². The first-order chi connectivity index (χ1) is 11.7. The van der Waals surface area contributed by atoms with Crippen LogP contribution in [0.5, 0.6) is 0 Å². The van der Waals surface area contributed by atoms with E-state index in [1.807, 2.05) is 29.5 Å². The number of nitrogens with zero attached hydrogens (tertiary/aromatic N) is 4. The molecule has 4 rings (SSSR count). The van der Waals surface area contributed by atoms with Gasteiger partial charge < -0.3 is 5.32 Å². The van der Waals surface area contributed by atoms with Crippen molar-refractivity contribution in [3.05, 3.63) is 54.6 Å². The van der Waals surface area contributed by atoms with Gasteiger partial charge in [0.2, 0.25) is 0 Å². The third-order valence-electron chi connectivity index (χ3n) is 3.81. The molecule has 5 nitrogen and oxygen atoms in total. The van der Waals surface area contributed by atoms with Crippen LogP contribution in [-0.4, -0.2) is 19.7 Å². The van der Waals surface area contributed by atoms with Gasteiger partial charge in [-0.15, -0.1) is 0 Å². The smallest absolute Gasteiger partial charge is 0.188 e. The normalized spacial score (nSPS) is 11.1. The number of fused-ring (bicyclic) bond motifs is 1. The zero-order valence-corrected chi connectivity index (χ0v) is 14.3. The van der Waals surface area contributed by atoms with Crippen molar-refractivity contribution >= 4 is 32.4 Å². The van der Waals surface area contributed by atoms with E-state index in [4.69, 9.17) is 0 Å². The van der Waals surface area contributed by atoms with Gasteiger partial charge >= 0.3 is 0 Å². The Morgan fingerprint density at radius 3 is 2.83 bits per heavy atom. The lowest BCUT2D eigenvalue weighted by Gasteiger charge is -2.01. The highest BCUT2D eigenvalue weighted by atomic mass is 32.1. The standard InChI is InChI=1S/C18H17N5S/c1-3-23-11-15(10-20-23)21-18-22-16-5-4-13(7-17(16)24-18)14-6-12(2)8-19-9-14/h4-11H,3H2,1-2H3,(H,21,22). The average molecular weight is 335 g/mol. The molecule has 0 aliphatic carbocycles. The van der Waals surface area contributed by atoms with Crippen LogP contribution in [0.4, 0.5) is 10.8 Å². The highest BCUT2D eigenvalue weighted by Gasteiger charge is 2.07. The van der Waals surface area contributed by atoms with Crippen LogP contribution in [0.25, 0.3) is 21.3 Å². The fourth-order valence-electron chi connectivity index (χ4n) is 2.60. The number of benzene rings is 1. The van der Waals surface area contributed by atoms with E-state index in [1.54, 1.807) is 11.3 Å². The molecule has 1 N–H and O–H groups in total. The van der Waals surface area contributed by atoms with E-state index < -0.39 is 0 Å². The van der Waals surface area contributed by atoms with Crippen molar-refractivity contribution in [1.82, 2.24) is 19.7 Å². The summed E-state index contributed by atoms with van der Waals surface area (Å²) in [5.74, 6) is 0. The summed E-state index contributed by atoms with van der Waals surface area (Å²) < 4.78 is 3.04. The molecule has 0 amide bonds. The van der Waals surface area contributed by atoms with Gasteiger partial charge in [0.25, 0.3) is 0 Å². The molecule has 4 aromatic rings. The molecule has 0 bridgehead atoms. The number of pyridine rings is 1. The van der Waals surface area contributed by atoms with Crippen molar-refractivity contribution in [2.45, 2.75) is 20.4 Å². The van der Waals surface area contributed by atoms with Crippen molar-refractivity contribution < 1.29 is 0 Å². The van der Waals surface area contributed by atoms with Crippen LogP contribution in [0.3, 0.4) is 0 Å².